The molecule has 4 aromatic rings. The van der Waals surface area contributed by atoms with Crippen molar-refractivity contribution in [2.24, 2.45) is 0 Å². The van der Waals surface area contributed by atoms with Crippen LogP contribution in [0.25, 0.3) is 22.2 Å². The smallest absolute Gasteiger partial charge is 0.175 e. The van der Waals surface area contributed by atoms with Crippen LogP contribution in [0.5, 0.6) is 5.75 Å². The molecule has 0 aliphatic carbocycles. The number of aromatic nitrogens is 1. The monoisotopic (exact) mass is 419 g/mol. The SMILES string of the molecule is Oc1ccc2c(-c3ccccc3)noc2c1CN1CCN(c2cccc(Cl)c2)CC1. The highest BCUT2D eigenvalue weighted by Crippen LogP contribution is 2.35. The van der Waals surface area contributed by atoms with E-state index in [9.17, 15) is 5.11 Å². The molecular weight excluding hydrogens is 398 g/mol. The second-order valence-corrected chi connectivity index (χ2v) is 8.02. The maximum Gasteiger partial charge on any atom is 0.175 e. The number of hydrogen-bond donors (Lipinski definition) is 1. The van der Waals surface area contributed by atoms with E-state index in [1.54, 1.807) is 6.07 Å². The van der Waals surface area contributed by atoms with Crippen molar-refractivity contribution < 1.29 is 9.63 Å². The number of rotatable bonds is 4. The molecule has 0 amide bonds. The summed E-state index contributed by atoms with van der Waals surface area (Å²) in [5.74, 6) is 0.246. The third kappa shape index (κ3) is 3.62. The van der Waals surface area contributed by atoms with Crippen molar-refractivity contribution >= 4 is 28.3 Å². The first-order chi connectivity index (χ1) is 14.7. The summed E-state index contributed by atoms with van der Waals surface area (Å²) >= 11 is 6.14. The number of phenolic OH excluding ortho intramolecular Hbond substituents is 1. The summed E-state index contributed by atoms with van der Waals surface area (Å²) in [4.78, 5) is 4.67. The minimum Gasteiger partial charge on any atom is -0.507 e. The van der Waals surface area contributed by atoms with Crippen LogP contribution in [0, 0.1) is 0 Å². The average Bonchev–Trinajstić information content (AvgIpc) is 3.21. The summed E-state index contributed by atoms with van der Waals surface area (Å²) < 4.78 is 5.70. The highest BCUT2D eigenvalue weighted by Gasteiger charge is 2.22. The molecule has 0 unspecified atom stereocenters. The van der Waals surface area contributed by atoms with Crippen molar-refractivity contribution in [3.05, 3.63) is 77.3 Å². The van der Waals surface area contributed by atoms with E-state index >= 15 is 0 Å². The number of nitrogens with zero attached hydrogens (tertiary/aromatic N) is 3. The van der Waals surface area contributed by atoms with Gasteiger partial charge in [-0.1, -0.05) is 53.2 Å². The van der Waals surface area contributed by atoms with Crippen LogP contribution < -0.4 is 4.90 Å². The average molecular weight is 420 g/mol. The maximum absolute atomic E-state index is 10.5. The molecule has 1 saturated heterocycles. The molecule has 0 atom stereocenters. The van der Waals surface area contributed by atoms with Gasteiger partial charge in [-0.15, -0.1) is 0 Å². The molecule has 6 heteroatoms. The molecule has 0 bridgehead atoms. The van der Waals surface area contributed by atoms with Crippen LogP contribution >= 0.6 is 11.6 Å². The zero-order valence-electron chi connectivity index (χ0n) is 16.5. The van der Waals surface area contributed by atoms with Gasteiger partial charge in [0.15, 0.2) is 5.58 Å². The van der Waals surface area contributed by atoms with Crippen LogP contribution in [-0.2, 0) is 6.54 Å². The zero-order valence-corrected chi connectivity index (χ0v) is 17.2. The first-order valence-corrected chi connectivity index (χ1v) is 10.5. The summed E-state index contributed by atoms with van der Waals surface area (Å²) in [6.07, 6.45) is 0. The molecule has 1 aromatic heterocycles. The van der Waals surface area contributed by atoms with Crippen LogP contribution in [0.2, 0.25) is 5.02 Å². The molecule has 5 rings (SSSR count). The minimum atomic E-state index is 0.246. The van der Waals surface area contributed by atoms with Gasteiger partial charge in [-0.25, -0.2) is 0 Å². The first-order valence-electron chi connectivity index (χ1n) is 10.1. The van der Waals surface area contributed by atoms with Gasteiger partial charge in [0, 0.05) is 49.0 Å². The largest absolute Gasteiger partial charge is 0.507 e. The molecule has 2 heterocycles. The standard InChI is InChI=1S/C24H22ClN3O2/c25-18-7-4-8-19(15-18)28-13-11-27(12-14-28)16-21-22(29)10-9-20-23(26-30-24(20)21)17-5-2-1-3-6-17/h1-10,15,29H,11-14,16H2. The number of aromatic hydroxyl groups is 1. The molecule has 3 aromatic carbocycles. The van der Waals surface area contributed by atoms with Gasteiger partial charge in [0.05, 0.1) is 10.9 Å². The topological polar surface area (TPSA) is 52.7 Å². The molecule has 30 heavy (non-hydrogen) atoms. The summed E-state index contributed by atoms with van der Waals surface area (Å²) in [6, 6.07) is 21.6. The molecule has 1 N–H and O–H groups in total. The number of benzene rings is 3. The molecule has 0 radical (unpaired) electrons. The number of hydrogen-bond acceptors (Lipinski definition) is 5. The van der Waals surface area contributed by atoms with E-state index < -0.39 is 0 Å². The van der Waals surface area contributed by atoms with Crippen LogP contribution in [-0.4, -0.2) is 41.3 Å². The lowest BCUT2D eigenvalue weighted by molar-refractivity contribution is 0.246. The quantitative estimate of drug-likeness (QED) is 0.494. The molecule has 1 aliphatic heterocycles. The summed E-state index contributed by atoms with van der Waals surface area (Å²) in [7, 11) is 0. The van der Waals surface area contributed by atoms with Crippen molar-refractivity contribution in [3.63, 3.8) is 0 Å². The third-order valence-corrected chi connectivity index (χ3v) is 5.93. The Hall–Kier alpha value is -3.02. The normalized spacial score (nSPS) is 15.0. The fraction of sp³-hybridized carbons (Fsp3) is 0.208. The summed E-state index contributed by atoms with van der Waals surface area (Å²) in [5, 5.41) is 16.5. The van der Waals surface area contributed by atoms with Gasteiger partial charge in [-0.05, 0) is 30.3 Å². The van der Waals surface area contributed by atoms with Gasteiger partial charge in [0.2, 0.25) is 0 Å². The zero-order chi connectivity index (χ0) is 20.5. The molecular formula is C24H22ClN3O2. The fourth-order valence-corrected chi connectivity index (χ4v) is 4.25. The van der Waals surface area contributed by atoms with E-state index in [-0.39, 0.29) is 5.75 Å². The highest BCUT2D eigenvalue weighted by atomic mass is 35.5. The molecule has 0 saturated carbocycles. The van der Waals surface area contributed by atoms with Crippen LogP contribution in [0.4, 0.5) is 5.69 Å². The van der Waals surface area contributed by atoms with E-state index in [0.29, 0.717) is 12.1 Å². The Morgan fingerprint density at radius 2 is 1.73 bits per heavy atom. The Balaban J connectivity index is 1.36. The molecule has 1 fully saturated rings. The predicted octanol–water partition coefficient (Wildman–Crippen LogP) is 5.18. The number of anilines is 1. The summed E-state index contributed by atoms with van der Waals surface area (Å²) in [5.41, 5.74) is 4.40. The van der Waals surface area contributed by atoms with Gasteiger partial charge in [0.25, 0.3) is 0 Å². The number of piperazine rings is 1. The van der Waals surface area contributed by atoms with E-state index in [1.165, 1.54) is 0 Å². The predicted molar refractivity (Wildman–Crippen MR) is 120 cm³/mol. The Morgan fingerprint density at radius 1 is 0.933 bits per heavy atom. The van der Waals surface area contributed by atoms with E-state index in [4.69, 9.17) is 16.1 Å². The molecule has 152 valence electrons. The van der Waals surface area contributed by atoms with Crippen molar-refractivity contribution in [3.8, 4) is 17.0 Å². The number of halogens is 1. The van der Waals surface area contributed by atoms with E-state index in [2.05, 4.69) is 21.0 Å². The lowest BCUT2D eigenvalue weighted by Gasteiger charge is -2.36. The molecule has 0 spiro atoms. The van der Waals surface area contributed by atoms with Crippen molar-refractivity contribution in [1.82, 2.24) is 10.1 Å². The van der Waals surface area contributed by atoms with Crippen molar-refractivity contribution in [1.29, 1.82) is 0 Å². The molecule has 5 nitrogen and oxygen atoms in total. The van der Waals surface area contributed by atoms with Gasteiger partial charge >= 0.3 is 0 Å². The Kier molecular flexibility index (Phi) is 5.07. The Labute approximate surface area is 180 Å². The van der Waals surface area contributed by atoms with Crippen LogP contribution in [0.1, 0.15) is 5.56 Å². The van der Waals surface area contributed by atoms with Gasteiger partial charge < -0.3 is 14.5 Å². The van der Waals surface area contributed by atoms with Crippen molar-refractivity contribution in [2.45, 2.75) is 6.54 Å². The second kappa shape index (κ2) is 8.01. The van der Waals surface area contributed by atoms with Gasteiger partial charge in [-0.2, -0.15) is 0 Å². The minimum absolute atomic E-state index is 0.246. The van der Waals surface area contributed by atoms with Gasteiger partial charge in [0.1, 0.15) is 11.4 Å². The number of phenols is 1. The lowest BCUT2D eigenvalue weighted by atomic mass is 10.0. The highest BCUT2D eigenvalue weighted by molar-refractivity contribution is 6.30. The summed E-state index contributed by atoms with van der Waals surface area (Å²) in [6.45, 7) is 4.21. The van der Waals surface area contributed by atoms with E-state index in [1.807, 2.05) is 54.6 Å². The lowest BCUT2D eigenvalue weighted by Crippen LogP contribution is -2.46. The fourth-order valence-electron chi connectivity index (χ4n) is 4.07. The Morgan fingerprint density at radius 3 is 2.50 bits per heavy atom. The van der Waals surface area contributed by atoms with Gasteiger partial charge in [-0.3, -0.25) is 4.90 Å². The second-order valence-electron chi connectivity index (χ2n) is 7.58. The Bertz CT molecular complexity index is 1170. The molecule has 1 aliphatic rings. The van der Waals surface area contributed by atoms with Crippen molar-refractivity contribution in [2.75, 3.05) is 31.1 Å². The van der Waals surface area contributed by atoms with Crippen LogP contribution in [0.15, 0.2) is 71.3 Å². The first kappa shape index (κ1) is 19.0. The van der Waals surface area contributed by atoms with E-state index in [0.717, 1.165) is 59.1 Å². The van der Waals surface area contributed by atoms with Crippen LogP contribution in [0.3, 0.4) is 0 Å². The third-order valence-electron chi connectivity index (χ3n) is 5.69. The maximum atomic E-state index is 10.5. The number of fused-ring (bicyclic) bond motifs is 1.